The maximum atomic E-state index is 6.46. The van der Waals surface area contributed by atoms with E-state index in [1.165, 1.54) is 50.5 Å². The highest BCUT2D eigenvalue weighted by Gasteiger charge is 2.37. The third-order valence-corrected chi connectivity index (χ3v) is 5.54. The zero-order valence-electron chi connectivity index (χ0n) is 13.6. The van der Waals surface area contributed by atoms with E-state index in [1.54, 1.807) is 0 Å². The molecule has 2 atom stereocenters. The molecule has 1 saturated heterocycles. The summed E-state index contributed by atoms with van der Waals surface area (Å²) in [6, 6.07) is 8.41. The summed E-state index contributed by atoms with van der Waals surface area (Å²) in [5.41, 5.74) is 1.73. The van der Waals surface area contributed by atoms with Crippen LogP contribution in [0.25, 0.3) is 0 Å². The molecule has 2 heteroatoms. The molecule has 0 aliphatic carbocycles. The quantitative estimate of drug-likeness (QED) is 0.629. The van der Waals surface area contributed by atoms with E-state index in [2.05, 4.69) is 31.3 Å². The third-order valence-electron chi connectivity index (χ3n) is 5.19. The molecule has 0 saturated carbocycles. The molecule has 0 bridgehead atoms. The van der Waals surface area contributed by atoms with Crippen LogP contribution < -0.4 is 5.32 Å². The molecular formula is C19H30ClN. The van der Waals surface area contributed by atoms with Gasteiger partial charge < -0.3 is 5.32 Å². The Morgan fingerprint density at radius 2 is 1.95 bits per heavy atom. The molecule has 0 spiro atoms. The monoisotopic (exact) mass is 307 g/mol. The van der Waals surface area contributed by atoms with Crippen LogP contribution in [0.3, 0.4) is 0 Å². The Hall–Kier alpha value is -0.530. The summed E-state index contributed by atoms with van der Waals surface area (Å²) in [6.45, 7) is 6.96. The van der Waals surface area contributed by atoms with E-state index in [1.807, 2.05) is 12.1 Å². The fourth-order valence-corrected chi connectivity index (χ4v) is 3.98. The molecule has 1 aliphatic rings. The molecule has 1 N–H and O–H groups in total. The van der Waals surface area contributed by atoms with Gasteiger partial charge in [0.2, 0.25) is 0 Å². The number of benzene rings is 1. The van der Waals surface area contributed by atoms with E-state index in [9.17, 15) is 0 Å². The molecule has 0 radical (unpaired) electrons. The van der Waals surface area contributed by atoms with Crippen molar-refractivity contribution in [2.45, 2.75) is 64.7 Å². The predicted molar refractivity (Wildman–Crippen MR) is 93.2 cm³/mol. The summed E-state index contributed by atoms with van der Waals surface area (Å²) in [5.74, 6) is 0.547. The van der Waals surface area contributed by atoms with Crippen molar-refractivity contribution in [2.75, 3.05) is 13.1 Å². The van der Waals surface area contributed by atoms with E-state index in [0.717, 1.165) is 18.1 Å². The zero-order valence-corrected chi connectivity index (χ0v) is 14.4. The van der Waals surface area contributed by atoms with Gasteiger partial charge >= 0.3 is 0 Å². The lowest BCUT2D eigenvalue weighted by Gasteiger charge is -2.43. The largest absolute Gasteiger partial charge is 0.316 e. The van der Waals surface area contributed by atoms with E-state index < -0.39 is 0 Å². The van der Waals surface area contributed by atoms with E-state index in [4.69, 9.17) is 11.6 Å². The normalized spacial score (nSPS) is 26.0. The number of hydrogen-bond donors (Lipinski definition) is 1. The van der Waals surface area contributed by atoms with Crippen molar-refractivity contribution in [3.63, 3.8) is 0 Å². The van der Waals surface area contributed by atoms with Gasteiger partial charge in [0.25, 0.3) is 0 Å². The topological polar surface area (TPSA) is 12.0 Å². The van der Waals surface area contributed by atoms with Crippen molar-refractivity contribution >= 4 is 11.6 Å². The smallest absolute Gasteiger partial charge is 0.0441 e. The molecule has 1 nitrogen and oxygen atoms in total. The molecule has 1 aromatic rings. The summed E-state index contributed by atoms with van der Waals surface area (Å²) in [5, 5.41) is 4.50. The van der Waals surface area contributed by atoms with Crippen LogP contribution in [0.1, 0.15) is 70.3 Å². The molecule has 21 heavy (non-hydrogen) atoms. The highest BCUT2D eigenvalue weighted by Crippen LogP contribution is 2.46. The first-order chi connectivity index (χ1) is 10.2. The summed E-state index contributed by atoms with van der Waals surface area (Å²) in [6.07, 6.45) is 9.42. The SMILES string of the molecule is CCCCCCCC1(C)CCNCC1c1ccccc1Cl. The zero-order chi connectivity index (χ0) is 15.1. The molecule has 0 amide bonds. The lowest BCUT2D eigenvalue weighted by Crippen LogP contribution is -2.42. The fraction of sp³-hybridized carbons (Fsp3) is 0.684. The Bertz CT molecular complexity index is 431. The standard InChI is InChI=1S/C19H30ClN/c1-3-4-5-6-9-12-19(2)13-14-21-15-17(19)16-10-7-8-11-18(16)20/h7-8,10-11,17,21H,3-6,9,12-15H2,1-2H3. The second kappa shape index (κ2) is 8.19. The first-order valence-corrected chi connectivity index (χ1v) is 9.00. The van der Waals surface area contributed by atoms with Gasteiger partial charge in [-0.2, -0.15) is 0 Å². The highest BCUT2D eigenvalue weighted by molar-refractivity contribution is 6.31. The van der Waals surface area contributed by atoms with Crippen LogP contribution in [-0.4, -0.2) is 13.1 Å². The van der Waals surface area contributed by atoms with Crippen LogP contribution in [0.5, 0.6) is 0 Å². The van der Waals surface area contributed by atoms with Crippen LogP contribution in [0.15, 0.2) is 24.3 Å². The Balaban J connectivity index is 2.02. The maximum absolute atomic E-state index is 6.46. The van der Waals surface area contributed by atoms with Crippen molar-refractivity contribution in [3.8, 4) is 0 Å². The number of hydrogen-bond acceptors (Lipinski definition) is 1. The predicted octanol–water partition coefficient (Wildman–Crippen LogP) is 5.78. The van der Waals surface area contributed by atoms with Crippen molar-refractivity contribution in [1.29, 1.82) is 0 Å². The van der Waals surface area contributed by atoms with Crippen molar-refractivity contribution in [2.24, 2.45) is 5.41 Å². The van der Waals surface area contributed by atoms with Gasteiger partial charge in [-0.1, -0.05) is 75.8 Å². The maximum Gasteiger partial charge on any atom is 0.0441 e. The summed E-state index contributed by atoms with van der Waals surface area (Å²) in [7, 11) is 0. The first kappa shape index (κ1) is 16.8. The van der Waals surface area contributed by atoms with Crippen LogP contribution in [0.4, 0.5) is 0 Å². The lowest BCUT2D eigenvalue weighted by atomic mass is 9.66. The number of nitrogens with one attached hydrogen (secondary N) is 1. The molecule has 2 rings (SSSR count). The minimum absolute atomic E-state index is 0.391. The molecule has 118 valence electrons. The molecule has 0 aromatic heterocycles. The number of unbranched alkanes of at least 4 members (excludes halogenated alkanes) is 4. The summed E-state index contributed by atoms with van der Waals surface area (Å²) in [4.78, 5) is 0. The van der Waals surface area contributed by atoms with E-state index in [-0.39, 0.29) is 0 Å². The fourth-order valence-electron chi connectivity index (χ4n) is 3.72. The summed E-state index contributed by atoms with van der Waals surface area (Å²) >= 11 is 6.46. The first-order valence-electron chi connectivity index (χ1n) is 8.62. The molecule has 1 heterocycles. The number of piperidine rings is 1. The van der Waals surface area contributed by atoms with Crippen LogP contribution >= 0.6 is 11.6 Å². The third kappa shape index (κ3) is 4.47. The van der Waals surface area contributed by atoms with Gasteiger partial charge in [-0.25, -0.2) is 0 Å². The van der Waals surface area contributed by atoms with Crippen LogP contribution in [0.2, 0.25) is 5.02 Å². The second-order valence-corrected chi connectivity index (χ2v) is 7.25. The highest BCUT2D eigenvalue weighted by atomic mass is 35.5. The number of halogens is 1. The van der Waals surface area contributed by atoms with Crippen molar-refractivity contribution in [1.82, 2.24) is 5.32 Å². The second-order valence-electron chi connectivity index (χ2n) is 6.85. The number of rotatable bonds is 7. The lowest BCUT2D eigenvalue weighted by molar-refractivity contribution is 0.167. The van der Waals surface area contributed by atoms with Gasteiger partial charge in [0.1, 0.15) is 0 Å². The van der Waals surface area contributed by atoms with Gasteiger partial charge in [0.05, 0.1) is 0 Å². The van der Waals surface area contributed by atoms with Gasteiger partial charge in [0.15, 0.2) is 0 Å². The molecule has 1 fully saturated rings. The minimum atomic E-state index is 0.391. The van der Waals surface area contributed by atoms with Gasteiger partial charge in [0, 0.05) is 17.5 Å². The summed E-state index contributed by atoms with van der Waals surface area (Å²) < 4.78 is 0. The van der Waals surface area contributed by atoms with Crippen LogP contribution in [0, 0.1) is 5.41 Å². The Labute approximate surface area is 135 Å². The average molecular weight is 308 g/mol. The molecule has 1 aliphatic heterocycles. The van der Waals surface area contributed by atoms with Gasteiger partial charge in [-0.15, -0.1) is 0 Å². The van der Waals surface area contributed by atoms with Gasteiger partial charge in [-0.3, -0.25) is 0 Å². The Morgan fingerprint density at radius 1 is 1.19 bits per heavy atom. The minimum Gasteiger partial charge on any atom is -0.316 e. The molecule has 2 unspecified atom stereocenters. The van der Waals surface area contributed by atoms with E-state index in [0.29, 0.717) is 11.3 Å². The van der Waals surface area contributed by atoms with Crippen molar-refractivity contribution in [3.05, 3.63) is 34.9 Å². The van der Waals surface area contributed by atoms with Crippen molar-refractivity contribution < 1.29 is 0 Å². The molecular weight excluding hydrogens is 278 g/mol. The van der Waals surface area contributed by atoms with Crippen LogP contribution in [-0.2, 0) is 0 Å². The molecule has 1 aromatic carbocycles. The average Bonchev–Trinajstić information content (AvgIpc) is 2.48. The van der Waals surface area contributed by atoms with E-state index >= 15 is 0 Å². The Morgan fingerprint density at radius 3 is 2.71 bits per heavy atom. The van der Waals surface area contributed by atoms with Gasteiger partial charge in [-0.05, 0) is 36.4 Å². The Kier molecular flexibility index (Phi) is 6.57.